The second-order valence-electron chi connectivity index (χ2n) is 9.18. The number of para-hydroxylation sites is 1. The van der Waals surface area contributed by atoms with E-state index in [4.69, 9.17) is 9.84 Å². The molecule has 0 fully saturated rings. The average molecular weight is 414 g/mol. The minimum Gasteiger partial charge on any atom is -0.497 e. The van der Waals surface area contributed by atoms with Crippen molar-refractivity contribution in [2.45, 2.75) is 33.1 Å². The van der Waals surface area contributed by atoms with Crippen LogP contribution in [0.4, 0.5) is 5.82 Å². The molecule has 1 N–H and O–H groups in total. The first kappa shape index (κ1) is 19.6. The van der Waals surface area contributed by atoms with E-state index in [0.29, 0.717) is 6.42 Å². The van der Waals surface area contributed by atoms with Gasteiger partial charge in [0.05, 0.1) is 24.4 Å². The Labute approximate surface area is 182 Å². The summed E-state index contributed by atoms with van der Waals surface area (Å²) < 4.78 is 7.32. The molecule has 2 aromatic carbocycles. The zero-order valence-corrected chi connectivity index (χ0v) is 18.3. The lowest BCUT2D eigenvalue weighted by Crippen LogP contribution is -2.39. The number of carbonyl (C=O) groups is 1. The van der Waals surface area contributed by atoms with Crippen LogP contribution in [0.5, 0.6) is 5.75 Å². The van der Waals surface area contributed by atoms with Gasteiger partial charge < -0.3 is 10.1 Å². The number of carbonyl (C=O) groups excluding carboxylic acids is 1. The standard InChI is InChI=1S/C26H27N3O2/c1-16-22-23(17-10-12-19(31-4)13-11-17)24-20(14-26(2,3)15-21(24)30)27-25(22)29(28-16)18-8-6-5-7-9-18/h5-14,23-24,27H,15H2,1-4H3/t23-,24+/m1/s1. The lowest BCUT2D eigenvalue weighted by molar-refractivity contribution is -0.124. The fraction of sp³-hybridized carbons (Fsp3) is 0.308. The number of hydrogen-bond acceptors (Lipinski definition) is 4. The highest BCUT2D eigenvalue weighted by Crippen LogP contribution is 2.50. The molecule has 0 radical (unpaired) electrons. The molecule has 2 aliphatic rings. The van der Waals surface area contributed by atoms with Crippen LogP contribution in [0.3, 0.4) is 0 Å². The van der Waals surface area contributed by atoms with Crippen LogP contribution < -0.4 is 10.1 Å². The molecule has 5 heteroatoms. The Morgan fingerprint density at radius 2 is 1.77 bits per heavy atom. The van der Waals surface area contributed by atoms with E-state index >= 15 is 0 Å². The SMILES string of the molecule is COc1ccc([C@@H]2c3c(C)nn(-c4ccccc4)c3NC3=CC(C)(C)CC(=O)[C@H]32)cc1. The quantitative estimate of drug-likeness (QED) is 0.637. The van der Waals surface area contributed by atoms with Crippen molar-refractivity contribution in [1.82, 2.24) is 9.78 Å². The Morgan fingerprint density at radius 3 is 2.45 bits per heavy atom. The van der Waals surface area contributed by atoms with Gasteiger partial charge >= 0.3 is 0 Å². The normalized spacial score (nSPS) is 21.5. The van der Waals surface area contributed by atoms with Crippen LogP contribution in [0.25, 0.3) is 5.69 Å². The molecule has 1 aliphatic carbocycles. The molecule has 31 heavy (non-hydrogen) atoms. The molecule has 0 spiro atoms. The number of aryl methyl sites for hydroxylation is 1. The van der Waals surface area contributed by atoms with Crippen molar-refractivity contribution in [2.75, 3.05) is 12.4 Å². The minimum absolute atomic E-state index is 0.0885. The smallest absolute Gasteiger partial charge is 0.143 e. The zero-order valence-electron chi connectivity index (χ0n) is 18.3. The van der Waals surface area contributed by atoms with Crippen LogP contribution >= 0.6 is 0 Å². The van der Waals surface area contributed by atoms with E-state index in [-0.39, 0.29) is 23.0 Å². The van der Waals surface area contributed by atoms with Crippen LogP contribution in [0.2, 0.25) is 0 Å². The molecule has 2 atom stereocenters. The van der Waals surface area contributed by atoms with Gasteiger partial charge in [-0.15, -0.1) is 0 Å². The molecule has 1 aliphatic heterocycles. The van der Waals surface area contributed by atoms with Gasteiger partial charge in [0.2, 0.25) is 0 Å². The number of allylic oxidation sites excluding steroid dienone is 2. The van der Waals surface area contributed by atoms with Crippen LogP contribution in [0.1, 0.15) is 43.0 Å². The van der Waals surface area contributed by atoms with E-state index in [1.54, 1.807) is 7.11 Å². The predicted octanol–water partition coefficient (Wildman–Crippen LogP) is 5.25. The summed E-state index contributed by atoms with van der Waals surface area (Å²) in [4.78, 5) is 13.4. The van der Waals surface area contributed by atoms with Crippen LogP contribution in [-0.4, -0.2) is 22.7 Å². The van der Waals surface area contributed by atoms with Gasteiger partial charge in [-0.2, -0.15) is 5.10 Å². The Morgan fingerprint density at radius 1 is 1.06 bits per heavy atom. The third-order valence-corrected chi connectivity index (χ3v) is 6.35. The first-order valence-corrected chi connectivity index (χ1v) is 10.7. The summed E-state index contributed by atoms with van der Waals surface area (Å²) in [6, 6.07) is 18.2. The molecule has 2 heterocycles. The molecule has 158 valence electrons. The third-order valence-electron chi connectivity index (χ3n) is 6.35. The van der Waals surface area contributed by atoms with Crippen molar-refractivity contribution < 1.29 is 9.53 Å². The first-order valence-electron chi connectivity index (χ1n) is 10.7. The molecular formula is C26H27N3O2. The number of methoxy groups -OCH3 is 1. The molecule has 0 saturated carbocycles. The lowest BCUT2D eigenvalue weighted by atomic mass is 9.67. The summed E-state index contributed by atoms with van der Waals surface area (Å²) in [7, 11) is 1.67. The summed E-state index contributed by atoms with van der Waals surface area (Å²) in [5.41, 5.74) is 4.92. The number of aromatic nitrogens is 2. The van der Waals surface area contributed by atoms with Crippen molar-refractivity contribution >= 4 is 11.6 Å². The first-order chi connectivity index (χ1) is 14.9. The van der Waals surface area contributed by atoms with Crippen molar-refractivity contribution in [1.29, 1.82) is 0 Å². The van der Waals surface area contributed by atoms with Crippen molar-refractivity contribution in [3.63, 3.8) is 0 Å². The number of Topliss-reactive ketones (excluding diaryl/α,β-unsaturated/α-hetero) is 1. The van der Waals surface area contributed by atoms with Gasteiger partial charge in [0.1, 0.15) is 17.4 Å². The summed E-state index contributed by atoms with van der Waals surface area (Å²) in [6.45, 7) is 6.27. The molecule has 3 aromatic rings. The number of benzene rings is 2. The van der Waals surface area contributed by atoms with Gasteiger partial charge in [-0.05, 0) is 42.2 Å². The maximum absolute atomic E-state index is 13.4. The van der Waals surface area contributed by atoms with Gasteiger partial charge in [-0.25, -0.2) is 4.68 Å². The summed E-state index contributed by atoms with van der Waals surface area (Å²) in [5, 5.41) is 8.49. The van der Waals surface area contributed by atoms with Crippen LogP contribution in [-0.2, 0) is 4.79 Å². The Bertz CT molecular complexity index is 1170. The van der Waals surface area contributed by atoms with Gasteiger partial charge in [-0.3, -0.25) is 4.79 Å². The Balaban J connectivity index is 1.74. The van der Waals surface area contributed by atoms with Crippen LogP contribution in [0.15, 0.2) is 66.4 Å². The number of rotatable bonds is 3. The van der Waals surface area contributed by atoms with E-state index in [9.17, 15) is 4.79 Å². The minimum atomic E-state index is -0.235. The van der Waals surface area contributed by atoms with Gasteiger partial charge in [0.25, 0.3) is 0 Å². The molecule has 5 rings (SSSR count). The third kappa shape index (κ3) is 3.25. The number of fused-ring (bicyclic) bond motifs is 2. The second kappa shape index (κ2) is 7.12. The van der Waals surface area contributed by atoms with E-state index in [2.05, 4.69) is 37.4 Å². The molecule has 0 amide bonds. The highest BCUT2D eigenvalue weighted by Gasteiger charge is 2.46. The number of ketones is 1. The summed E-state index contributed by atoms with van der Waals surface area (Å²) >= 11 is 0. The number of nitrogens with one attached hydrogen (secondary N) is 1. The van der Waals surface area contributed by atoms with Crippen molar-refractivity contribution in [3.8, 4) is 11.4 Å². The number of anilines is 1. The highest BCUT2D eigenvalue weighted by atomic mass is 16.5. The van der Waals surface area contributed by atoms with E-state index < -0.39 is 0 Å². The van der Waals surface area contributed by atoms with E-state index in [0.717, 1.165) is 39.8 Å². The van der Waals surface area contributed by atoms with E-state index in [1.165, 1.54) is 0 Å². The number of ether oxygens (including phenoxy) is 1. The average Bonchev–Trinajstić information content (AvgIpc) is 3.08. The fourth-order valence-electron chi connectivity index (χ4n) is 5.04. The topological polar surface area (TPSA) is 56.1 Å². The number of nitrogens with zero attached hydrogens (tertiary/aromatic N) is 2. The van der Waals surface area contributed by atoms with Crippen molar-refractivity contribution in [3.05, 3.63) is 83.2 Å². The Kier molecular flexibility index (Phi) is 4.50. The predicted molar refractivity (Wildman–Crippen MR) is 122 cm³/mol. The monoisotopic (exact) mass is 413 g/mol. The fourth-order valence-corrected chi connectivity index (χ4v) is 5.04. The van der Waals surface area contributed by atoms with Gasteiger partial charge in [-0.1, -0.05) is 50.3 Å². The summed E-state index contributed by atoms with van der Waals surface area (Å²) in [6.07, 6.45) is 2.77. The number of hydrogen-bond donors (Lipinski definition) is 1. The lowest BCUT2D eigenvalue weighted by Gasteiger charge is -2.40. The highest BCUT2D eigenvalue weighted by molar-refractivity contribution is 5.90. The molecule has 5 nitrogen and oxygen atoms in total. The Hall–Kier alpha value is -3.34. The second-order valence-corrected chi connectivity index (χ2v) is 9.18. The molecular weight excluding hydrogens is 386 g/mol. The summed E-state index contributed by atoms with van der Waals surface area (Å²) in [5.74, 6) is 1.70. The molecule has 1 aromatic heterocycles. The maximum Gasteiger partial charge on any atom is 0.143 e. The van der Waals surface area contributed by atoms with Crippen LogP contribution in [0, 0.1) is 18.3 Å². The van der Waals surface area contributed by atoms with Crippen molar-refractivity contribution in [2.24, 2.45) is 11.3 Å². The van der Waals surface area contributed by atoms with Gasteiger partial charge in [0.15, 0.2) is 0 Å². The molecule has 0 saturated heterocycles. The molecule has 0 unspecified atom stereocenters. The van der Waals surface area contributed by atoms with Gasteiger partial charge in [0, 0.05) is 23.6 Å². The maximum atomic E-state index is 13.4. The molecule has 0 bridgehead atoms. The zero-order chi connectivity index (χ0) is 21.8. The van der Waals surface area contributed by atoms with E-state index in [1.807, 2.05) is 54.1 Å². The largest absolute Gasteiger partial charge is 0.497 e.